The van der Waals surface area contributed by atoms with Crippen LogP contribution in [-0.2, 0) is 21.7 Å². The molecule has 12 heteroatoms. The fourth-order valence-electron chi connectivity index (χ4n) is 3.47. The molecule has 1 unspecified atom stereocenters. The van der Waals surface area contributed by atoms with E-state index in [1.54, 1.807) is 30.3 Å². The van der Waals surface area contributed by atoms with E-state index in [1.165, 1.54) is 44.2 Å². The summed E-state index contributed by atoms with van der Waals surface area (Å²) >= 11 is 0. The van der Waals surface area contributed by atoms with E-state index in [4.69, 9.17) is 4.74 Å². The summed E-state index contributed by atoms with van der Waals surface area (Å²) < 4.78 is 46.9. The number of benzene rings is 2. The Morgan fingerprint density at radius 1 is 1.15 bits per heavy atom. The van der Waals surface area contributed by atoms with Crippen LogP contribution in [0.15, 0.2) is 48.5 Å². The van der Waals surface area contributed by atoms with Crippen LogP contribution in [0.3, 0.4) is 0 Å². The van der Waals surface area contributed by atoms with E-state index < -0.39 is 29.7 Å². The van der Waals surface area contributed by atoms with Crippen LogP contribution in [0, 0.1) is 0 Å². The SMILES string of the molecule is COc1ccc(C2(C)NC(=O)N(NC(=O)CN(C)Cc3ccccc3OC(F)(F)F)C2=O)cc1. The molecule has 1 fully saturated rings. The number of methoxy groups -OCH3 is 1. The highest BCUT2D eigenvalue weighted by Gasteiger charge is 2.50. The number of ether oxygens (including phenoxy) is 2. The molecule has 34 heavy (non-hydrogen) atoms. The third kappa shape index (κ3) is 5.57. The molecular formula is C22H23F3N4O5. The lowest BCUT2D eigenvalue weighted by Gasteiger charge is -2.23. The van der Waals surface area contributed by atoms with Crippen LogP contribution < -0.4 is 20.2 Å². The fourth-order valence-corrected chi connectivity index (χ4v) is 3.47. The van der Waals surface area contributed by atoms with E-state index in [9.17, 15) is 27.6 Å². The molecule has 1 aliphatic rings. The van der Waals surface area contributed by atoms with Gasteiger partial charge in [0.15, 0.2) is 0 Å². The van der Waals surface area contributed by atoms with Crippen molar-refractivity contribution in [2.24, 2.45) is 0 Å². The highest BCUT2D eigenvalue weighted by molar-refractivity contribution is 6.08. The molecule has 2 N–H and O–H groups in total. The van der Waals surface area contributed by atoms with Crippen LogP contribution in [0.1, 0.15) is 18.1 Å². The van der Waals surface area contributed by atoms with Gasteiger partial charge in [0.2, 0.25) is 0 Å². The number of amides is 4. The molecule has 0 spiro atoms. The van der Waals surface area contributed by atoms with E-state index in [2.05, 4.69) is 15.5 Å². The minimum atomic E-state index is -4.86. The molecule has 0 aromatic heterocycles. The maximum Gasteiger partial charge on any atom is 0.573 e. The topological polar surface area (TPSA) is 100 Å². The van der Waals surface area contributed by atoms with Crippen LogP contribution in [0.4, 0.5) is 18.0 Å². The highest BCUT2D eigenvalue weighted by Crippen LogP contribution is 2.29. The van der Waals surface area contributed by atoms with Crippen molar-refractivity contribution in [3.8, 4) is 11.5 Å². The summed E-state index contributed by atoms with van der Waals surface area (Å²) in [4.78, 5) is 39.2. The van der Waals surface area contributed by atoms with Crippen molar-refractivity contribution in [3.63, 3.8) is 0 Å². The molecular weight excluding hydrogens is 457 g/mol. The fraction of sp³-hybridized carbons (Fsp3) is 0.318. The quantitative estimate of drug-likeness (QED) is 0.564. The Balaban J connectivity index is 1.63. The van der Waals surface area contributed by atoms with Gasteiger partial charge >= 0.3 is 12.4 Å². The molecule has 3 rings (SSSR count). The van der Waals surface area contributed by atoms with E-state index in [0.29, 0.717) is 16.3 Å². The van der Waals surface area contributed by atoms with Crippen LogP contribution in [-0.4, -0.2) is 54.8 Å². The highest BCUT2D eigenvalue weighted by atomic mass is 19.4. The van der Waals surface area contributed by atoms with Crippen molar-refractivity contribution < 1.29 is 37.0 Å². The predicted molar refractivity (Wildman–Crippen MR) is 113 cm³/mol. The lowest BCUT2D eigenvalue weighted by Crippen LogP contribution is -2.50. The van der Waals surface area contributed by atoms with Gasteiger partial charge in [-0.25, -0.2) is 4.79 Å². The number of nitrogens with one attached hydrogen (secondary N) is 2. The Morgan fingerprint density at radius 2 is 1.79 bits per heavy atom. The minimum absolute atomic E-state index is 0.0522. The number of carbonyl (C=O) groups is 3. The van der Waals surface area contributed by atoms with Crippen molar-refractivity contribution >= 4 is 17.8 Å². The van der Waals surface area contributed by atoms with E-state index in [1.807, 2.05) is 0 Å². The largest absolute Gasteiger partial charge is 0.573 e. The zero-order valence-corrected chi connectivity index (χ0v) is 18.6. The number of hydrogen-bond donors (Lipinski definition) is 2. The van der Waals surface area contributed by atoms with Gasteiger partial charge in [0.1, 0.15) is 17.0 Å². The molecule has 0 radical (unpaired) electrons. The number of carbonyl (C=O) groups excluding carboxylic acids is 3. The summed E-state index contributed by atoms with van der Waals surface area (Å²) in [5.41, 5.74) is 1.54. The molecule has 0 saturated carbocycles. The van der Waals surface area contributed by atoms with E-state index in [-0.39, 0.29) is 24.4 Å². The Morgan fingerprint density at radius 3 is 2.41 bits per heavy atom. The Labute approximate surface area is 193 Å². The average Bonchev–Trinajstić information content (AvgIpc) is 2.98. The summed E-state index contributed by atoms with van der Waals surface area (Å²) in [5, 5.41) is 3.14. The van der Waals surface area contributed by atoms with E-state index >= 15 is 0 Å². The Hall–Kier alpha value is -3.80. The van der Waals surface area contributed by atoms with Crippen LogP contribution in [0.2, 0.25) is 0 Å². The standard InChI is InChI=1S/C22H23F3N4O5/c1-21(15-8-10-16(33-3)11-9-15)19(31)29(20(32)26-21)27-18(30)13-28(2)12-14-6-4-5-7-17(14)34-22(23,24)25/h4-11H,12-13H2,1-3H3,(H,26,32)(H,27,30). The number of urea groups is 1. The first-order valence-electron chi connectivity index (χ1n) is 10.1. The molecule has 2 aromatic carbocycles. The van der Waals surface area contributed by atoms with Crippen LogP contribution >= 0.6 is 0 Å². The molecule has 182 valence electrons. The summed E-state index contributed by atoms with van der Waals surface area (Å²) in [6.45, 7) is 1.14. The summed E-state index contributed by atoms with van der Waals surface area (Å²) in [6, 6.07) is 11.2. The van der Waals surface area contributed by atoms with Gasteiger partial charge in [-0.1, -0.05) is 30.3 Å². The number of hydrogen-bond acceptors (Lipinski definition) is 6. The molecule has 2 aromatic rings. The maximum atomic E-state index is 12.9. The number of para-hydroxylation sites is 1. The lowest BCUT2D eigenvalue weighted by molar-refractivity contribution is -0.275. The van der Waals surface area contributed by atoms with Crippen molar-refractivity contribution in [2.75, 3.05) is 20.7 Å². The number of nitrogens with zero attached hydrogens (tertiary/aromatic N) is 2. The second kappa shape index (κ2) is 9.59. The van der Waals surface area contributed by atoms with Gasteiger partial charge in [-0.3, -0.25) is 19.9 Å². The van der Waals surface area contributed by atoms with Crippen molar-refractivity contribution in [3.05, 3.63) is 59.7 Å². The number of imide groups is 1. The first-order valence-corrected chi connectivity index (χ1v) is 10.1. The van der Waals surface area contributed by atoms with Crippen LogP contribution in [0.25, 0.3) is 0 Å². The van der Waals surface area contributed by atoms with Gasteiger partial charge in [0, 0.05) is 12.1 Å². The van der Waals surface area contributed by atoms with Gasteiger partial charge in [-0.05, 0) is 37.7 Å². The van der Waals surface area contributed by atoms with Crippen LogP contribution in [0.5, 0.6) is 11.5 Å². The lowest BCUT2D eigenvalue weighted by atomic mass is 9.92. The molecule has 1 aliphatic heterocycles. The molecule has 9 nitrogen and oxygen atoms in total. The minimum Gasteiger partial charge on any atom is -0.497 e. The normalized spacial score (nSPS) is 18.1. The Kier molecular flexibility index (Phi) is 7.01. The summed E-state index contributed by atoms with van der Waals surface area (Å²) in [6.07, 6.45) is -4.86. The van der Waals surface area contributed by atoms with Gasteiger partial charge in [0.05, 0.1) is 13.7 Å². The van der Waals surface area contributed by atoms with Gasteiger partial charge in [0.25, 0.3) is 11.8 Å². The summed E-state index contributed by atoms with van der Waals surface area (Å²) in [5.74, 6) is -1.21. The zero-order chi connectivity index (χ0) is 25.1. The van der Waals surface area contributed by atoms with Gasteiger partial charge < -0.3 is 14.8 Å². The van der Waals surface area contributed by atoms with Crippen molar-refractivity contribution in [1.29, 1.82) is 0 Å². The molecule has 0 bridgehead atoms. The second-order valence-electron chi connectivity index (χ2n) is 7.79. The second-order valence-corrected chi connectivity index (χ2v) is 7.79. The third-order valence-electron chi connectivity index (χ3n) is 5.15. The average molecular weight is 480 g/mol. The molecule has 4 amide bonds. The number of likely N-dealkylation sites (N-methyl/N-ethyl adjacent to an activating group) is 1. The molecule has 1 saturated heterocycles. The number of alkyl halides is 3. The molecule has 1 heterocycles. The van der Waals surface area contributed by atoms with Gasteiger partial charge in [-0.2, -0.15) is 5.01 Å². The number of rotatable bonds is 8. The van der Waals surface area contributed by atoms with E-state index in [0.717, 1.165) is 0 Å². The zero-order valence-electron chi connectivity index (χ0n) is 18.6. The molecule has 0 aliphatic carbocycles. The summed E-state index contributed by atoms with van der Waals surface area (Å²) in [7, 11) is 2.99. The monoisotopic (exact) mass is 480 g/mol. The van der Waals surface area contributed by atoms with Crippen molar-refractivity contribution in [2.45, 2.75) is 25.4 Å². The number of hydrazine groups is 1. The Bertz CT molecular complexity index is 1080. The third-order valence-corrected chi connectivity index (χ3v) is 5.15. The van der Waals surface area contributed by atoms with Gasteiger partial charge in [-0.15, -0.1) is 13.2 Å². The first kappa shape index (κ1) is 24.8. The molecule has 1 atom stereocenters. The first-order chi connectivity index (χ1) is 15.9. The predicted octanol–water partition coefficient (Wildman–Crippen LogP) is 2.52. The maximum absolute atomic E-state index is 12.9. The smallest absolute Gasteiger partial charge is 0.497 e. The number of halogens is 3. The van der Waals surface area contributed by atoms with Crippen molar-refractivity contribution in [1.82, 2.24) is 20.7 Å².